The Bertz CT molecular complexity index is 1030. The van der Waals surface area contributed by atoms with Crippen molar-refractivity contribution >= 4 is 11.7 Å². The number of esters is 1. The van der Waals surface area contributed by atoms with E-state index in [1.165, 1.54) is 23.9 Å². The Kier molecular flexibility index (Phi) is 4.45. The molecule has 3 rings (SSSR count). The highest BCUT2D eigenvalue weighted by Crippen LogP contribution is 2.26. The number of nitriles is 1. The Hall–Kier alpha value is -3.60. The molecule has 0 spiro atoms. The number of nitrogen functional groups attached to an aromatic ring is 1. The van der Waals surface area contributed by atoms with Gasteiger partial charge in [0.05, 0.1) is 24.0 Å². The van der Waals surface area contributed by atoms with Crippen LogP contribution >= 0.6 is 0 Å². The number of imidazole rings is 1. The molecule has 0 atom stereocenters. The van der Waals surface area contributed by atoms with Crippen LogP contribution in [0, 0.1) is 17.1 Å². The van der Waals surface area contributed by atoms with Gasteiger partial charge in [-0.25, -0.2) is 14.2 Å². The van der Waals surface area contributed by atoms with Crippen molar-refractivity contribution in [1.29, 1.82) is 5.26 Å². The van der Waals surface area contributed by atoms with Gasteiger partial charge in [-0.15, -0.1) is 0 Å². The summed E-state index contributed by atoms with van der Waals surface area (Å²) in [5.41, 5.74) is 6.62. The fourth-order valence-corrected chi connectivity index (χ4v) is 2.77. The Labute approximate surface area is 149 Å². The van der Waals surface area contributed by atoms with Crippen LogP contribution in [-0.2, 0) is 11.2 Å². The highest BCUT2D eigenvalue weighted by Gasteiger charge is 2.22. The first-order valence-corrected chi connectivity index (χ1v) is 7.83. The minimum atomic E-state index is -0.712. The van der Waals surface area contributed by atoms with Crippen molar-refractivity contribution in [1.82, 2.24) is 14.1 Å². The molecule has 0 aliphatic rings. The summed E-state index contributed by atoms with van der Waals surface area (Å²) in [4.78, 5) is 16.2. The standard InChI is InChI=1S/C18H16FN5O2/c1-3-15-22-6-7-23(15)14-5-4-12(8-13(14)19)24-10-11(9-20)16(21)17(24)18(25)26-2/h4-8,10H,3,21H2,1-2H3. The van der Waals surface area contributed by atoms with Crippen molar-refractivity contribution in [2.45, 2.75) is 13.3 Å². The van der Waals surface area contributed by atoms with Gasteiger partial charge in [-0.3, -0.25) is 0 Å². The number of nitrogens with zero attached hydrogens (tertiary/aromatic N) is 4. The van der Waals surface area contributed by atoms with Gasteiger partial charge in [0.25, 0.3) is 0 Å². The minimum Gasteiger partial charge on any atom is -0.464 e. The number of hydrogen-bond donors (Lipinski definition) is 1. The lowest BCUT2D eigenvalue weighted by Gasteiger charge is -2.12. The van der Waals surface area contributed by atoms with Gasteiger partial charge >= 0.3 is 5.97 Å². The van der Waals surface area contributed by atoms with Gasteiger partial charge < -0.3 is 19.6 Å². The second-order valence-corrected chi connectivity index (χ2v) is 5.48. The Balaban J connectivity index is 2.14. The van der Waals surface area contributed by atoms with Gasteiger partial charge in [0.2, 0.25) is 0 Å². The summed E-state index contributed by atoms with van der Waals surface area (Å²) in [5, 5.41) is 9.16. The second kappa shape index (κ2) is 6.72. The summed E-state index contributed by atoms with van der Waals surface area (Å²) in [6.45, 7) is 1.93. The molecule has 0 bridgehead atoms. The fraction of sp³-hybridized carbons (Fsp3) is 0.167. The van der Waals surface area contributed by atoms with E-state index in [-0.39, 0.29) is 16.9 Å². The van der Waals surface area contributed by atoms with E-state index < -0.39 is 11.8 Å². The maximum atomic E-state index is 14.7. The summed E-state index contributed by atoms with van der Waals surface area (Å²) in [6, 6.07) is 6.38. The summed E-state index contributed by atoms with van der Waals surface area (Å²) >= 11 is 0. The van der Waals surface area contributed by atoms with Crippen LogP contribution in [-0.4, -0.2) is 27.2 Å². The zero-order valence-electron chi connectivity index (χ0n) is 14.2. The minimum absolute atomic E-state index is 0.00767. The highest BCUT2D eigenvalue weighted by molar-refractivity contribution is 5.95. The number of carbonyl (C=O) groups is 1. The van der Waals surface area contributed by atoms with Crippen molar-refractivity contribution in [2.24, 2.45) is 0 Å². The molecule has 2 aromatic heterocycles. The molecular weight excluding hydrogens is 337 g/mol. The molecule has 0 saturated carbocycles. The van der Waals surface area contributed by atoms with E-state index >= 15 is 0 Å². The molecule has 1 aromatic carbocycles. The SMILES string of the molecule is CCc1nccn1-c1ccc(-n2cc(C#N)c(N)c2C(=O)OC)cc1F. The number of rotatable bonds is 4. The predicted octanol–water partition coefficient (Wildman–Crippen LogP) is 2.60. The van der Waals surface area contributed by atoms with Gasteiger partial charge in [0.15, 0.2) is 5.69 Å². The van der Waals surface area contributed by atoms with E-state index in [2.05, 4.69) is 4.98 Å². The zero-order valence-corrected chi connectivity index (χ0v) is 14.2. The first-order valence-electron chi connectivity index (χ1n) is 7.83. The number of ether oxygens (including phenoxy) is 1. The zero-order chi connectivity index (χ0) is 18.8. The monoisotopic (exact) mass is 353 g/mol. The molecule has 0 amide bonds. The Morgan fingerprint density at radius 1 is 1.42 bits per heavy atom. The van der Waals surface area contributed by atoms with Crippen LogP contribution in [0.4, 0.5) is 10.1 Å². The average Bonchev–Trinajstić information content (AvgIpc) is 3.24. The third kappa shape index (κ3) is 2.69. The third-order valence-electron chi connectivity index (χ3n) is 4.05. The van der Waals surface area contributed by atoms with Crippen molar-refractivity contribution < 1.29 is 13.9 Å². The molecular formula is C18H16FN5O2. The molecule has 0 saturated heterocycles. The lowest BCUT2D eigenvalue weighted by atomic mass is 10.2. The van der Waals surface area contributed by atoms with Crippen molar-refractivity contribution in [2.75, 3.05) is 12.8 Å². The summed E-state index contributed by atoms with van der Waals surface area (Å²) in [5.74, 6) is -0.489. The quantitative estimate of drug-likeness (QED) is 0.727. The van der Waals surface area contributed by atoms with E-state index in [4.69, 9.17) is 15.7 Å². The molecule has 0 unspecified atom stereocenters. The van der Waals surface area contributed by atoms with Crippen LogP contribution in [0.3, 0.4) is 0 Å². The summed E-state index contributed by atoms with van der Waals surface area (Å²) < 4.78 is 22.5. The Morgan fingerprint density at radius 3 is 2.81 bits per heavy atom. The molecule has 0 aliphatic heterocycles. The number of anilines is 1. The summed E-state index contributed by atoms with van der Waals surface area (Å²) in [7, 11) is 1.21. The van der Waals surface area contributed by atoms with Crippen LogP contribution in [0.5, 0.6) is 0 Å². The largest absolute Gasteiger partial charge is 0.464 e. The molecule has 2 N–H and O–H groups in total. The lowest BCUT2D eigenvalue weighted by molar-refractivity contribution is 0.0593. The number of aromatic nitrogens is 3. The average molecular weight is 353 g/mol. The Morgan fingerprint density at radius 2 is 2.19 bits per heavy atom. The number of nitrogens with two attached hydrogens (primary N) is 1. The van der Waals surface area contributed by atoms with E-state index in [0.717, 1.165) is 5.82 Å². The van der Waals surface area contributed by atoms with E-state index in [1.54, 1.807) is 29.1 Å². The van der Waals surface area contributed by atoms with Gasteiger partial charge in [-0.2, -0.15) is 5.26 Å². The number of aryl methyl sites for hydroxylation is 1. The maximum absolute atomic E-state index is 14.7. The van der Waals surface area contributed by atoms with Gasteiger partial charge in [-0.1, -0.05) is 6.92 Å². The van der Waals surface area contributed by atoms with E-state index in [9.17, 15) is 9.18 Å². The first kappa shape index (κ1) is 17.2. The fourth-order valence-electron chi connectivity index (χ4n) is 2.77. The number of methoxy groups -OCH3 is 1. The molecule has 3 aromatic rings. The molecule has 7 nitrogen and oxygen atoms in total. The second-order valence-electron chi connectivity index (χ2n) is 5.48. The molecule has 132 valence electrons. The molecule has 0 aliphatic carbocycles. The van der Waals surface area contributed by atoms with Crippen molar-refractivity contribution in [3.63, 3.8) is 0 Å². The lowest BCUT2D eigenvalue weighted by Crippen LogP contribution is -2.11. The van der Waals surface area contributed by atoms with Crippen LogP contribution in [0.1, 0.15) is 28.8 Å². The normalized spacial score (nSPS) is 10.5. The molecule has 0 radical (unpaired) electrons. The smallest absolute Gasteiger partial charge is 0.357 e. The van der Waals surface area contributed by atoms with E-state index in [0.29, 0.717) is 17.8 Å². The number of hydrogen-bond acceptors (Lipinski definition) is 5. The van der Waals surface area contributed by atoms with Gasteiger partial charge in [-0.05, 0) is 12.1 Å². The first-order chi connectivity index (χ1) is 12.5. The van der Waals surface area contributed by atoms with Crippen LogP contribution in [0.2, 0.25) is 0 Å². The maximum Gasteiger partial charge on any atom is 0.357 e. The molecule has 2 heterocycles. The highest BCUT2D eigenvalue weighted by atomic mass is 19.1. The number of carbonyl (C=O) groups excluding carboxylic acids is 1. The van der Waals surface area contributed by atoms with Crippen LogP contribution in [0.15, 0.2) is 36.8 Å². The number of halogens is 1. The van der Waals surface area contributed by atoms with Gasteiger partial charge in [0.1, 0.15) is 17.7 Å². The molecule has 26 heavy (non-hydrogen) atoms. The van der Waals surface area contributed by atoms with Crippen LogP contribution < -0.4 is 5.73 Å². The van der Waals surface area contributed by atoms with Gasteiger partial charge in [0, 0.05) is 36.8 Å². The van der Waals surface area contributed by atoms with Crippen molar-refractivity contribution in [3.05, 3.63) is 59.7 Å². The summed E-state index contributed by atoms with van der Waals surface area (Å²) in [6.07, 6.45) is 5.32. The molecule has 0 fully saturated rings. The van der Waals surface area contributed by atoms with Crippen LogP contribution in [0.25, 0.3) is 11.4 Å². The third-order valence-corrected chi connectivity index (χ3v) is 4.05. The molecule has 8 heteroatoms. The van der Waals surface area contributed by atoms with Crippen molar-refractivity contribution in [3.8, 4) is 17.4 Å². The number of benzene rings is 1. The van der Waals surface area contributed by atoms with E-state index in [1.807, 2.05) is 13.0 Å². The topological polar surface area (TPSA) is 98.9 Å². The predicted molar refractivity (Wildman–Crippen MR) is 92.7 cm³/mol.